The molecule has 0 aromatic heterocycles. The number of ether oxygens (including phenoxy) is 1. The molecule has 0 radical (unpaired) electrons. The van der Waals surface area contributed by atoms with Crippen molar-refractivity contribution < 1.29 is 9.66 Å². The zero-order chi connectivity index (χ0) is 13.1. The molecule has 0 spiro atoms. The van der Waals surface area contributed by atoms with E-state index in [2.05, 4.69) is 0 Å². The van der Waals surface area contributed by atoms with Crippen LogP contribution in [0.25, 0.3) is 0 Å². The molecule has 0 aliphatic heterocycles. The first kappa shape index (κ1) is 11.9. The number of anilines is 1. The molecule has 2 rings (SSSR count). The van der Waals surface area contributed by atoms with Crippen LogP contribution in [-0.4, -0.2) is 4.92 Å². The summed E-state index contributed by atoms with van der Waals surface area (Å²) in [5, 5.41) is 10.7. The summed E-state index contributed by atoms with van der Waals surface area (Å²) >= 11 is 0. The van der Waals surface area contributed by atoms with E-state index in [0.29, 0.717) is 17.2 Å². The number of rotatable bonds is 3. The van der Waals surface area contributed by atoms with Crippen molar-refractivity contribution in [2.75, 3.05) is 5.73 Å². The monoisotopic (exact) mass is 244 g/mol. The summed E-state index contributed by atoms with van der Waals surface area (Å²) < 4.78 is 5.52. The van der Waals surface area contributed by atoms with E-state index in [0.717, 1.165) is 5.56 Å². The summed E-state index contributed by atoms with van der Waals surface area (Å²) in [7, 11) is 0. The molecule has 0 amide bonds. The standard InChI is InChI=1S/C13H12N2O3/c1-9-2-4-12(5-3-9)18-13-7-10(14)6-11(8-13)15(16)17/h2-8H,14H2,1H3. The van der Waals surface area contributed by atoms with Gasteiger partial charge in [0.15, 0.2) is 0 Å². The molecule has 0 saturated carbocycles. The van der Waals surface area contributed by atoms with Crippen molar-refractivity contribution in [1.29, 1.82) is 0 Å². The van der Waals surface area contributed by atoms with Crippen molar-refractivity contribution in [2.24, 2.45) is 0 Å². The van der Waals surface area contributed by atoms with E-state index < -0.39 is 4.92 Å². The number of nitrogens with two attached hydrogens (primary N) is 1. The first-order valence-electron chi connectivity index (χ1n) is 5.34. The van der Waals surface area contributed by atoms with Gasteiger partial charge in [0.1, 0.15) is 11.5 Å². The smallest absolute Gasteiger partial charge is 0.275 e. The molecular formula is C13H12N2O3. The molecule has 2 aromatic rings. The predicted octanol–water partition coefficient (Wildman–Crippen LogP) is 3.28. The highest BCUT2D eigenvalue weighted by molar-refractivity contribution is 5.54. The zero-order valence-corrected chi connectivity index (χ0v) is 9.79. The van der Waals surface area contributed by atoms with E-state index >= 15 is 0 Å². The second-order valence-electron chi connectivity index (χ2n) is 3.93. The lowest BCUT2D eigenvalue weighted by atomic mass is 10.2. The van der Waals surface area contributed by atoms with Crippen molar-refractivity contribution in [3.8, 4) is 11.5 Å². The SMILES string of the molecule is Cc1ccc(Oc2cc(N)cc([N+](=O)[O-])c2)cc1. The molecule has 2 aromatic carbocycles. The van der Waals surface area contributed by atoms with Gasteiger partial charge in [0.25, 0.3) is 5.69 Å². The van der Waals surface area contributed by atoms with Crippen LogP contribution in [0, 0.1) is 17.0 Å². The summed E-state index contributed by atoms with van der Waals surface area (Å²) in [6.07, 6.45) is 0. The van der Waals surface area contributed by atoms with E-state index in [1.165, 1.54) is 12.1 Å². The van der Waals surface area contributed by atoms with Gasteiger partial charge in [-0.15, -0.1) is 0 Å². The summed E-state index contributed by atoms with van der Waals surface area (Å²) in [6.45, 7) is 1.97. The van der Waals surface area contributed by atoms with Crippen LogP contribution < -0.4 is 10.5 Å². The third-order valence-electron chi connectivity index (χ3n) is 2.38. The minimum Gasteiger partial charge on any atom is -0.457 e. The fourth-order valence-corrected chi connectivity index (χ4v) is 1.51. The van der Waals surface area contributed by atoms with Crippen LogP contribution in [0.4, 0.5) is 11.4 Å². The Bertz CT molecular complexity index is 579. The average molecular weight is 244 g/mol. The maximum Gasteiger partial charge on any atom is 0.275 e. The maximum atomic E-state index is 10.7. The third kappa shape index (κ3) is 2.76. The molecule has 0 saturated heterocycles. The van der Waals surface area contributed by atoms with Crippen molar-refractivity contribution in [1.82, 2.24) is 0 Å². The zero-order valence-electron chi connectivity index (χ0n) is 9.79. The summed E-state index contributed by atoms with van der Waals surface area (Å²) in [5.41, 5.74) is 6.91. The quantitative estimate of drug-likeness (QED) is 0.510. The highest BCUT2D eigenvalue weighted by Gasteiger charge is 2.09. The Balaban J connectivity index is 2.28. The number of nitrogens with zero attached hydrogens (tertiary/aromatic N) is 1. The number of nitrogen functional groups attached to an aromatic ring is 1. The van der Waals surface area contributed by atoms with Gasteiger partial charge in [-0.3, -0.25) is 10.1 Å². The van der Waals surface area contributed by atoms with Crippen LogP contribution >= 0.6 is 0 Å². The molecule has 18 heavy (non-hydrogen) atoms. The van der Waals surface area contributed by atoms with Gasteiger partial charge in [0.2, 0.25) is 0 Å². The van der Waals surface area contributed by atoms with Gasteiger partial charge in [-0.1, -0.05) is 17.7 Å². The van der Waals surface area contributed by atoms with E-state index in [-0.39, 0.29) is 5.69 Å². The Kier molecular flexibility index (Phi) is 3.14. The van der Waals surface area contributed by atoms with Crippen molar-refractivity contribution in [2.45, 2.75) is 6.92 Å². The molecule has 2 N–H and O–H groups in total. The van der Waals surface area contributed by atoms with Crippen LogP contribution in [0.3, 0.4) is 0 Å². The van der Waals surface area contributed by atoms with Crippen molar-refractivity contribution in [3.05, 3.63) is 58.1 Å². The Morgan fingerprint density at radius 3 is 2.39 bits per heavy atom. The number of nitro groups is 1. The molecule has 5 nitrogen and oxygen atoms in total. The molecule has 0 fully saturated rings. The lowest BCUT2D eigenvalue weighted by Gasteiger charge is -2.06. The van der Waals surface area contributed by atoms with Gasteiger partial charge in [0, 0.05) is 17.8 Å². The van der Waals surface area contributed by atoms with Gasteiger partial charge >= 0.3 is 0 Å². The number of nitro benzene ring substituents is 1. The van der Waals surface area contributed by atoms with Gasteiger partial charge in [-0.25, -0.2) is 0 Å². The topological polar surface area (TPSA) is 78.4 Å². The van der Waals surface area contributed by atoms with Crippen LogP contribution in [-0.2, 0) is 0 Å². The molecular weight excluding hydrogens is 232 g/mol. The predicted molar refractivity (Wildman–Crippen MR) is 68.8 cm³/mol. The van der Waals surface area contributed by atoms with Gasteiger partial charge in [-0.2, -0.15) is 0 Å². The molecule has 0 unspecified atom stereocenters. The first-order valence-corrected chi connectivity index (χ1v) is 5.34. The minimum absolute atomic E-state index is 0.0860. The van der Waals surface area contributed by atoms with Crippen molar-refractivity contribution in [3.63, 3.8) is 0 Å². The summed E-state index contributed by atoms with van der Waals surface area (Å²) in [5.74, 6) is 0.964. The van der Waals surface area contributed by atoms with Gasteiger partial charge in [-0.05, 0) is 19.1 Å². The molecule has 5 heteroatoms. The Morgan fingerprint density at radius 2 is 1.78 bits per heavy atom. The minimum atomic E-state index is -0.502. The largest absolute Gasteiger partial charge is 0.457 e. The number of non-ortho nitro benzene ring substituents is 1. The highest BCUT2D eigenvalue weighted by Crippen LogP contribution is 2.28. The Labute approximate surface area is 104 Å². The fourth-order valence-electron chi connectivity index (χ4n) is 1.51. The van der Waals surface area contributed by atoms with Gasteiger partial charge in [0.05, 0.1) is 11.0 Å². The number of benzene rings is 2. The fraction of sp³-hybridized carbons (Fsp3) is 0.0769. The Hall–Kier alpha value is -2.56. The van der Waals surface area contributed by atoms with Gasteiger partial charge < -0.3 is 10.5 Å². The summed E-state index contributed by atoms with van der Waals surface area (Å²) in [4.78, 5) is 10.2. The highest BCUT2D eigenvalue weighted by atomic mass is 16.6. The summed E-state index contributed by atoms with van der Waals surface area (Å²) in [6, 6.07) is 11.6. The third-order valence-corrected chi connectivity index (χ3v) is 2.38. The van der Waals surface area contributed by atoms with E-state index in [4.69, 9.17) is 10.5 Å². The second kappa shape index (κ2) is 4.75. The number of hydrogen-bond donors (Lipinski definition) is 1. The van der Waals surface area contributed by atoms with E-state index in [1.54, 1.807) is 18.2 Å². The van der Waals surface area contributed by atoms with Crippen LogP contribution in [0.5, 0.6) is 11.5 Å². The van der Waals surface area contributed by atoms with Crippen LogP contribution in [0.1, 0.15) is 5.56 Å². The normalized spacial score (nSPS) is 10.1. The van der Waals surface area contributed by atoms with Crippen LogP contribution in [0.2, 0.25) is 0 Å². The van der Waals surface area contributed by atoms with Crippen molar-refractivity contribution >= 4 is 11.4 Å². The maximum absolute atomic E-state index is 10.7. The first-order chi connectivity index (χ1) is 8.54. The number of aryl methyl sites for hydroxylation is 1. The molecule has 92 valence electrons. The molecule has 0 heterocycles. The molecule has 0 aliphatic rings. The number of hydrogen-bond acceptors (Lipinski definition) is 4. The average Bonchev–Trinajstić information content (AvgIpc) is 2.31. The van der Waals surface area contributed by atoms with Crippen LogP contribution in [0.15, 0.2) is 42.5 Å². The molecule has 0 bridgehead atoms. The lowest BCUT2D eigenvalue weighted by Crippen LogP contribution is -1.93. The molecule has 0 aliphatic carbocycles. The second-order valence-corrected chi connectivity index (χ2v) is 3.93. The lowest BCUT2D eigenvalue weighted by molar-refractivity contribution is -0.384. The Morgan fingerprint density at radius 1 is 1.11 bits per heavy atom. The van der Waals surface area contributed by atoms with E-state index in [1.807, 2.05) is 19.1 Å². The van der Waals surface area contributed by atoms with E-state index in [9.17, 15) is 10.1 Å². The molecule has 0 atom stereocenters.